The van der Waals surface area contributed by atoms with Crippen molar-refractivity contribution in [3.05, 3.63) is 18.3 Å². The Labute approximate surface area is 106 Å². The van der Waals surface area contributed by atoms with Gasteiger partial charge in [0.05, 0.1) is 5.69 Å². The highest BCUT2D eigenvalue weighted by atomic mass is 35.5. The highest BCUT2D eigenvalue weighted by Gasteiger charge is 2.17. The molecule has 1 amide bonds. The summed E-state index contributed by atoms with van der Waals surface area (Å²) in [4.78, 5) is 18.1. The van der Waals surface area contributed by atoms with E-state index in [0.29, 0.717) is 12.3 Å². The second-order valence-corrected chi connectivity index (χ2v) is 4.43. The minimum Gasteiger partial charge on any atom is -0.355 e. The van der Waals surface area contributed by atoms with Gasteiger partial charge < -0.3 is 10.2 Å². The third kappa shape index (κ3) is 3.09. The molecule has 1 aliphatic rings. The fourth-order valence-corrected chi connectivity index (χ4v) is 2.15. The summed E-state index contributed by atoms with van der Waals surface area (Å²) >= 11 is 5.54. The van der Waals surface area contributed by atoms with Crippen molar-refractivity contribution < 1.29 is 4.79 Å². The zero-order valence-electron chi connectivity index (χ0n) is 9.66. The number of nitrogens with zero attached hydrogens (tertiary/aromatic N) is 2. The maximum atomic E-state index is 11.5. The van der Waals surface area contributed by atoms with Gasteiger partial charge in [-0.3, -0.25) is 4.79 Å². The highest BCUT2D eigenvalue weighted by Crippen LogP contribution is 2.26. The van der Waals surface area contributed by atoms with Crippen LogP contribution in [0.4, 0.5) is 11.5 Å². The lowest BCUT2D eigenvalue weighted by molar-refractivity contribution is -0.115. The van der Waals surface area contributed by atoms with Crippen molar-refractivity contribution in [3.8, 4) is 0 Å². The molecule has 1 saturated heterocycles. The molecule has 2 heterocycles. The molecule has 0 aromatic carbocycles. The van der Waals surface area contributed by atoms with Crippen molar-refractivity contribution >= 4 is 29.0 Å². The summed E-state index contributed by atoms with van der Waals surface area (Å²) in [6.45, 7) is 2.02. The van der Waals surface area contributed by atoms with Crippen molar-refractivity contribution in [2.75, 3.05) is 29.2 Å². The first-order chi connectivity index (χ1) is 8.31. The third-order valence-corrected chi connectivity index (χ3v) is 2.98. The number of rotatable bonds is 4. The van der Waals surface area contributed by atoms with Crippen LogP contribution in [-0.2, 0) is 4.79 Å². The van der Waals surface area contributed by atoms with Crippen LogP contribution >= 0.6 is 11.6 Å². The molecule has 5 heteroatoms. The number of hydrogen-bond donors (Lipinski definition) is 1. The number of nitrogens with one attached hydrogen (secondary N) is 1. The van der Waals surface area contributed by atoms with Crippen LogP contribution in [0.1, 0.15) is 19.3 Å². The second kappa shape index (κ2) is 5.87. The van der Waals surface area contributed by atoms with Gasteiger partial charge in [0.2, 0.25) is 5.91 Å². The number of alkyl halides is 1. The molecule has 17 heavy (non-hydrogen) atoms. The number of pyridine rings is 1. The summed E-state index contributed by atoms with van der Waals surface area (Å²) < 4.78 is 0. The Kier molecular flexibility index (Phi) is 4.20. The molecule has 0 bridgehead atoms. The van der Waals surface area contributed by atoms with E-state index in [1.807, 2.05) is 12.1 Å². The first-order valence-corrected chi connectivity index (χ1v) is 6.40. The second-order valence-electron chi connectivity index (χ2n) is 4.06. The lowest BCUT2D eigenvalue weighted by Crippen LogP contribution is -2.22. The van der Waals surface area contributed by atoms with Gasteiger partial charge in [0.25, 0.3) is 0 Å². The highest BCUT2D eigenvalue weighted by molar-refractivity contribution is 6.19. The summed E-state index contributed by atoms with van der Waals surface area (Å²) in [6, 6.07) is 3.71. The van der Waals surface area contributed by atoms with Gasteiger partial charge in [0.1, 0.15) is 0 Å². The molecule has 1 fully saturated rings. The van der Waals surface area contributed by atoms with Gasteiger partial charge in [0, 0.05) is 31.6 Å². The Morgan fingerprint density at radius 1 is 1.47 bits per heavy atom. The van der Waals surface area contributed by atoms with Gasteiger partial charge in [-0.2, -0.15) is 0 Å². The van der Waals surface area contributed by atoms with Gasteiger partial charge in [-0.1, -0.05) is 0 Å². The zero-order valence-corrected chi connectivity index (χ0v) is 10.4. The van der Waals surface area contributed by atoms with E-state index in [-0.39, 0.29) is 5.91 Å². The quantitative estimate of drug-likeness (QED) is 0.838. The van der Waals surface area contributed by atoms with E-state index in [0.717, 1.165) is 24.6 Å². The van der Waals surface area contributed by atoms with Crippen LogP contribution < -0.4 is 10.2 Å². The molecule has 1 N–H and O–H groups in total. The largest absolute Gasteiger partial charge is 0.355 e. The number of aromatic nitrogens is 1. The molecule has 92 valence electrons. The van der Waals surface area contributed by atoms with Crippen LogP contribution in [0.3, 0.4) is 0 Å². The maximum absolute atomic E-state index is 11.5. The number of carbonyl (C=O) groups is 1. The number of hydrogen-bond acceptors (Lipinski definition) is 3. The van der Waals surface area contributed by atoms with Crippen molar-refractivity contribution in [1.82, 2.24) is 4.98 Å². The molecule has 0 aliphatic carbocycles. The first kappa shape index (κ1) is 12.2. The Morgan fingerprint density at radius 2 is 2.24 bits per heavy atom. The zero-order chi connectivity index (χ0) is 12.1. The van der Waals surface area contributed by atoms with E-state index in [1.165, 1.54) is 12.8 Å². The van der Waals surface area contributed by atoms with E-state index in [9.17, 15) is 4.79 Å². The summed E-state index contributed by atoms with van der Waals surface area (Å²) in [6.07, 6.45) is 4.46. The average Bonchev–Trinajstić information content (AvgIpc) is 2.83. The molecule has 4 nitrogen and oxygen atoms in total. The predicted molar refractivity (Wildman–Crippen MR) is 69.7 cm³/mol. The summed E-state index contributed by atoms with van der Waals surface area (Å²) in [5.41, 5.74) is 0.782. The minimum absolute atomic E-state index is 0.0616. The number of carbonyl (C=O) groups excluding carboxylic acids is 1. The van der Waals surface area contributed by atoms with Crippen molar-refractivity contribution in [3.63, 3.8) is 0 Å². The normalized spacial score (nSPS) is 15.0. The molecule has 0 spiro atoms. The van der Waals surface area contributed by atoms with E-state index < -0.39 is 0 Å². The van der Waals surface area contributed by atoms with Crippen LogP contribution in [0.2, 0.25) is 0 Å². The summed E-state index contributed by atoms with van der Waals surface area (Å²) in [5.74, 6) is 1.15. The van der Waals surface area contributed by atoms with Crippen molar-refractivity contribution in [1.29, 1.82) is 0 Å². The molecule has 2 rings (SSSR count). The minimum atomic E-state index is -0.0616. The van der Waals surface area contributed by atoms with Gasteiger partial charge in [-0.15, -0.1) is 11.6 Å². The molecule has 0 saturated carbocycles. The van der Waals surface area contributed by atoms with Crippen molar-refractivity contribution in [2.45, 2.75) is 19.3 Å². The van der Waals surface area contributed by atoms with E-state index in [4.69, 9.17) is 11.6 Å². The maximum Gasteiger partial charge on any atom is 0.225 e. The SMILES string of the molecule is O=C(CCCl)Nc1cccnc1N1CCCC1. The Morgan fingerprint density at radius 3 is 2.94 bits per heavy atom. The number of halogens is 1. The van der Waals surface area contributed by atoms with Gasteiger partial charge >= 0.3 is 0 Å². The van der Waals surface area contributed by atoms with Crippen LogP contribution in [-0.4, -0.2) is 29.9 Å². The molecular weight excluding hydrogens is 238 g/mol. The van der Waals surface area contributed by atoms with Crippen LogP contribution in [0.15, 0.2) is 18.3 Å². The smallest absolute Gasteiger partial charge is 0.225 e. The lowest BCUT2D eigenvalue weighted by Gasteiger charge is -2.19. The molecular formula is C12H16ClN3O. The number of amides is 1. The third-order valence-electron chi connectivity index (χ3n) is 2.79. The fraction of sp³-hybridized carbons (Fsp3) is 0.500. The van der Waals surface area contributed by atoms with Crippen LogP contribution in [0.5, 0.6) is 0 Å². The molecule has 1 aromatic heterocycles. The topological polar surface area (TPSA) is 45.2 Å². The molecule has 0 atom stereocenters. The fourth-order valence-electron chi connectivity index (χ4n) is 1.97. The van der Waals surface area contributed by atoms with E-state index >= 15 is 0 Å². The average molecular weight is 254 g/mol. The number of anilines is 2. The lowest BCUT2D eigenvalue weighted by atomic mass is 10.3. The van der Waals surface area contributed by atoms with E-state index in [1.54, 1.807) is 6.20 Å². The molecule has 1 aliphatic heterocycles. The monoisotopic (exact) mass is 253 g/mol. The molecule has 0 unspecified atom stereocenters. The summed E-state index contributed by atoms with van der Waals surface area (Å²) in [7, 11) is 0. The Balaban J connectivity index is 2.12. The molecule has 1 aromatic rings. The van der Waals surface area contributed by atoms with Gasteiger partial charge in [0.15, 0.2) is 5.82 Å². The Bertz CT molecular complexity index is 391. The van der Waals surface area contributed by atoms with Crippen LogP contribution in [0, 0.1) is 0 Å². The summed E-state index contributed by atoms with van der Waals surface area (Å²) in [5, 5.41) is 2.86. The van der Waals surface area contributed by atoms with Crippen LogP contribution in [0.25, 0.3) is 0 Å². The van der Waals surface area contributed by atoms with E-state index in [2.05, 4.69) is 15.2 Å². The molecule has 0 radical (unpaired) electrons. The first-order valence-electron chi connectivity index (χ1n) is 5.87. The van der Waals surface area contributed by atoms with Gasteiger partial charge in [-0.25, -0.2) is 4.98 Å². The Hall–Kier alpha value is -1.29. The predicted octanol–water partition coefficient (Wildman–Crippen LogP) is 2.25. The van der Waals surface area contributed by atoms with Crippen molar-refractivity contribution in [2.24, 2.45) is 0 Å². The van der Waals surface area contributed by atoms with Gasteiger partial charge in [-0.05, 0) is 25.0 Å². The standard InChI is InChI=1S/C12H16ClN3O/c13-6-5-11(17)15-10-4-3-7-14-12(10)16-8-1-2-9-16/h3-4,7H,1-2,5-6,8-9H2,(H,15,17).